The molecule has 1 radical (unpaired) electrons. The summed E-state index contributed by atoms with van der Waals surface area (Å²) in [6, 6.07) is 0. The number of hydrogen-bond donors (Lipinski definition) is 0. The van der Waals surface area contributed by atoms with Gasteiger partial charge in [0.1, 0.15) is 0 Å². The van der Waals surface area contributed by atoms with Crippen molar-refractivity contribution in [1.29, 1.82) is 0 Å². The number of rotatable bonds is 0. The van der Waals surface area contributed by atoms with E-state index < -0.39 is 0 Å². The monoisotopic (exact) mass is 271 g/mol. The molecule has 67 valence electrons. The minimum absolute atomic E-state index is 0.0764. The van der Waals surface area contributed by atoms with Crippen LogP contribution in [0.3, 0.4) is 0 Å². The van der Waals surface area contributed by atoms with Gasteiger partial charge in [0.2, 0.25) is 0 Å². The Labute approximate surface area is 101 Å². The van der Waals surface area contributed by atoms with Gasteiger partial charge < -0.3 is 0 Å². The molecule has 0 saturated heterocycles. The molecule has 0 aliphatic heterocycles. The van der Waals surface area contributed by atoms with Gasteiger partial charge in [-0.2, -0.15) is 0 Å². The Morgan fingerprint density at radius 1 is 0.692 bits per heavy atom. The lowest BCUT2D eigenvalue weighted by molar-refractivity contribution is 1.63. The molecule has 0 amide bonds. The Kier molecular flexibility index (Phi) is 3.63. The van der Waals surface area contributed by atoms with E-state index in [4.69, 9.17) is 64.4 Å². The maximum Gasteiger partial charge on any atom is 0.0809 e. The first-order valence-electron chi connectivity index (χ1n) is 2.94. The van der Waals surface area contributed by atoms with Crippen LogP contribution in [0.4, 0.5) is 0 Å². The number of hydrogen-bond acceptors (Lipinski definition) is 0. The third kappa shape index (κ3) is 1.86. The average molecular weight is 273 g/mol. The molecule has 0 heterocycles. The molecule has 0 unspecified atom stereocenters. The second-order valence-electron chi connectivity index (χ2n) is 2.07. The molecule has 0 aromatic heterocycles. The van der Waals surface area contributed by atoms with Crippen LogP contribution in [-0.2, 0) is 0 Å². The highest BCUT2D eigenvalue weighted by Gasteiger charge is 2.17. The third-order valence-corrected chi connectivity index (χ3v) is 3.61. The van der Waals surface area contributed by atoms with E-state index in [-0.39, 0.29) is 30.7 Å². The van der Waals surface area contributed by atoms with Gasteiger partial charge in [0, 0.05) is 0 Å². The standard InChI is InChI=1S/C8Cl5/c1-2-3-4(9)6(11)8(13)7(12)5(3)10. The Bertz CT molecular complexity index is 373. The summed E-state index contributed by atoms with van der Waals surface area (Å²) >= 11 is 28.6. The largest absolute Gasteiger partial charge is 0.0812 e. The third-order valence-electron chi connectivity index (χ3n) is 1.33. The minimum Gasteiger partial charge on any atom is -0.0812 e. The van der Waals surface area contributed by atoms with Crippen molar-refractivity contribution in [2.24, 2.45) is 0 Å². The van der Waals surface area contributed by atoms with Crippen molar-refractivity contribution in [2.45, 2.75) is 0 Å². The van der Waals surface area contributed by atoms with Crippen molar-refractivity contribution in [1.82, 2.24) is 0 Å². The van der Waals surface area contributed by atoms with Crippen molar-refractivity contribution in [3.63, 3.8) is 0 Å². The highest BCUT2D eigenvalue weighted by atomic mass is 35.5. The summed E-state index contributed by atoms with van der Waals surface area (Å²) in [4.78, 5) is 0. The topological polar surface area (TPSA) is 0 Å². The lowest BCUT2D eigenvalue weighted by atomic mass is 10.2. The fourth-order valence-corrected chi connectivity index (χ4v) is 1.95. The van der Waals surface area contributed by atoms with E-state index in [1.165, 1.54) is 0 Å². The minimum atomic E-state index is 0.0764. The molecular formula is C8Cl5. The lowest BCUT2D eigenvalue weighted by Crippen LogP contribution is -1.84. The Hall–Kier alpha value is 0.230. The Morgan fingerprint density at radius 3 is 1.31 bits per heavy atom. The van der Waals surface area contributed by atoms with Crippen LogP contribution in [0.2, 0.25) is 25.1 Å². The molecule has 0 aliphatic carbocycles. The van der Waals surface area contributed by atoms with Gasteiger partial charge in [0.05, 0.1) is 30.7 Å². The van der Waals surface area contributed by atoms with E-state index in [0.717, 1.165) is 0 Å². The quantitative estimate of drug-likeness (QED) is 0.358. The average Bonchev–Trinajstić information content (AvgIpc) is 2.13. The van der Waals surface area contributed by atoms with Crippen LogP contribution in [-0.4, -0.2) is 0 Å². The van der Waals surface area contributed by atoms with Gasteiger partial charge in [-0.25, -0.2) is 0 Å². The Balaban J connectivity index is 3.69. The molecule has 0 spiro atoms. The summed E-state index contributed by atoms with van der Waals surface area (Å²) in [5.74, 6) is 2.03. The molecule has 0 atom stereocenters. The molecule has 0 nitrogen and oxygen atoms in total. The first-order valence-corrected chi connectivity index (χ1v) is 4.83. The molecule has 0 saturated carbocycles. The van der Waals surface area contributed by atoms with E-state index in [2.05, 4.69) is 0 Å². The van der Waals surface area contributed by atoms with E-state index in [1.54, 1.807) is 0 Å². The fourth-order valence-electron chi connectivity index (χ4n) is 0.715. The molecule has 1 aromatic carbocycles. The van der Waals surface area contributed by atoms with E-state index in [9.17, 15) is 0 Å². The van der Waals surface area contributed by atoms with Gasteiger partial charge in [-0.1, -0.05) is 58.0 Å². The van der Waals surface area contributed by atoms with Gasteiger partial charge in [-0.3, -0.25) is 0 Å². The van der Waals surface area contributed by atoms with E-state index in [1.807, 2.05) is 5.92 Å². The zero-order chi connectivity index (χ0) is 10.2. The van der Waals surface area contributed by atoms with Gasteiger partial charge in [0.25, 0.3) is 0 Å². The summed E-state index contributed by atoms with van der Waals surface area (Å²) in [7, 11) is 0. The van der Waals surface area contributed by atoms with Crippen LogP contribution >= 0.6 is 58.0 Å². The molecule has 1 aromatic rings. The first kappa shape index (κ1) is 11.3. The number of halogens is 5. The van der Waals surface area contributed by atoms with Crippen LogP contribution in [0, 0.1) is 12.3 Å². The van der Waals surface area contributed by atoms with Crippen LogP contribution in [0.5, 0.6) is 0 Å². The van der Waals surface area contributed by atoms with Gasteiger partial charge >= 0.3 is 0 Å². The van der Waals surface area contributed by atoms with E-state index >= 15 is 0 Å². The lowest BCUT2D eigenvalue weighted by Gasteiger charge is -2.06. The second-order valence-corrected chi connectivity index (χ2v) is 3.96. The number of benzene rings is 1. The van der Waals surface area contributed by atoms with Crippen LogP contribution in [0.1, 0.15) is 5.56 Å². The summed E-state index contributed by atoms with van der Waals surface area (Å²) in [5.41, 5.74) is 0.141. The molecule has 5 heteroatoms. The Morgan fingerprint density at radius 2 is 1.00 bits per heavy atom. The van der Waals surface area contributed by atoms with Gasteiger partial charge in [-0.05, 0) is 12.3 Å². The summed E-state index contributed by atoms with van der Waals surface area (Å²) in [6.45, 7) is 0. The highest BCUT2D eigenvalue weighted by molar-refractivity contribution is 6.55. The molecule has 0 bridgehead atoms. The fraction of sp³-hybridized carbons (Fsp3) is 0. The van der Waals surface area contributed by atoms with Crippen molar-refractivity contribution >= 4 is 58.0 Å². The van der Waals surface area contributed by atoms with Crippen molar-refractivity contribution < 1.29 is 0 Å². The molecule has 0 N–H and O–H groups in total. The summed E-state index contributed by atoms with van der Waals surface area (Å²) in [5, 5.41) is 0.393. The normalized spacial score (nSPS) is 9.85. The zero-order valence-electron chi connectivity index (χ0n) is 5.89. The van der Waals surface area contributed by atoms with Crippen molar-refractivity contribution in [2.75, 3.05) is 0 Å². The molecule has 1 rings (SSSR count). The molecule has 0 fully saturated rings. The van der Waals surface area contributed by atoms with Crippen LogP contribution in [0.25, 0.3) is 0 Å². The van der Waals surface area contributed by atoms with Crippen LogP contribution in [0.15, 0.2) is 0 Å². The highest BCUT2D eigenvalue weighted by Crippen LogP contribution is 2.43. The summed E-state index contributed by atoms with van der Waals surface area (Å²) in [6.07, 6.45) is 6.91. The van der Waals surface area contributed by atoms with Crippen LogP contribution < -0.4 is 0 Å². The van der Waals surface area contributed by atoms with Gasteiger partial charge in [0.15, 0.2) is 0 Å². The molecule has 0 aliphatic rings. The van der Waals surface area contributed by atoms with Gasteiger partial charge in [-0.15, -0.1) is 0 Å². The second kappa shape index (κ2) is 4.17. The summed E-state index contributed by atoms with van der Waals surface area (Å²) < 4.78 is 0. The predicted molar refractivity (Wildman–Crippen MR) is 57.7 cm³/mol. The molecular weight excluding hydrogens is 273 g/mol. The molecule has 13 heavy (non-hydrogen) atoms. The maximum absolute atomic E-state index is 6.91. The van der Waals surface area contributed by atoms with Crippen molar-refractivity contribution in [3.8, 4) is 5.92 Å². The zero-order valence-corrected chi connectivity index (χ0v) is 9.67. The smallest absolute Gasteiger partial charge is 0.0809 e. The maximum atomic E-state index is 6.91. The SMILES string of the molecule is [C]#Cc1c(Cl)c(Cl)c(Cl)c(Cl)c1Cl. The van der Waals surface area contributed by atoms with E-state index in [0.29, 0.717) is 0 Å². The predicted octanol–water partition coefficient (Wildman–Crippen LogP) is 4.89. The van der Waals surface area contributed by atoms with Crippen molar-refractivity contribution in [3.05, 3.63) is 37.1 Å². The first-order chi connectivity index (χ1) is 6.00.